The van der Waals surface area contributed by atoms with E-state index in [0.29, 0.717) is 29.4 Å². The van der Waals surface area contributed by atoms with Crippen LogP contribution in [0.1, 0.15) is 54.4 Å². The number of alkyl halides is 3. The molecule has 0 fully saturated rings. The van der Waals surface area contributed by atoms with Crippen LogP contribution < -0.4 is 4.74 Å². The number of fused-ring (bicyclic) bond motifs is 2. The minimum Gasteiger partial charge on any atom is -0.403 e. The van der Waals surface area contributed by atoms with Crippen LogP contribution in [0.15, 0.2) is 42.5 Å². The fraction of sp³-hybridized carbons (Fsp3) is 0.360. The molecule has 0 radical (unpaired) electrons. The van der Waals surface area contributed by atoms with Crippen molar-refractivity contribution >= 4 is 10.8 Å². The van der Waals surface area contributed by atoms with Crippen LogP contribution in [-0.2, 0) is 19.3 Å². The van der Waals surface area contributed by atoms with Crippen molar-refractivity contribution in [3.8, 4) is 5.75 Å². The molecular weight excluding hydrogens is 411 g/mol. The van der Waals surface area contributed by atoms with Gasteiger partial charge in [-0.2, -0.15) is 0 Å². The van der Waals surface area contributed by atoms with Gasteiger partial charge in [0.2, 0.25) is 0 Å². The molecule has 3 aromatic rings. The molecule has 0 saturated heterocycles. The van der Waals surface area contributed by atoms with Crippen molar-refractivity contribution in [2.45, 2.75) is 57.7 Å². The highest BCUT2D eigenvalue weighted by molar-refractivity contribution is 5.84. The van der Waals surface area contributed by atoms with Gasteiger partial charge in [-0.05, 0) is 71.7 Å². The van der Waals surface area contributed by atoms with Crippen molar-refractivity contribution in [1.82, 2.24) is 0 Å². The van der Waals surface area contributed by atoms with Crippen LogP contribution in [0.2, 0.25) is 0 Å². The van der Waals surface area contributed by atoms with E-state index in [1.54, 1.807) is 6.07 Å². The number of ether oxygens (including phenoxy) is 1. The Balaban J connectivity index is 1.60. The van der Waals surface area contributed by atoms with Crippen LogP contribution in [0.4, 0.5) is 22.0 Å². The number of benzene rings is 3. The van der Waals surface area contributed by atoms with Crippen molar-refractivity contribution < 1.29 is 26.7 Å². The second-order valence-electron chi connectivity index (χ2n) is 8.13. The van der Waals surface area contributed by atoms with Gasteiger partial charge in [0, 0.05) is 5.39 Å². The Morgan fingerprint density at radius 3 is 2.55 bits per heavy atom. The summed E-state index contributed by atoms with van der Waals surface area (Å²) in [6.45, 7) is 2.13. The van der Waals surface area contributed by atoms with Gasteiger partial charge in [-0.25, -0.2) is 8.78 Å². The zero-order valence-electron chi connectivity index (χ0n) is 17.2. The standard InChI is InChI=1S/C25H23F5O/c1-2-3-4-15-5-9-19-16(13-15)6-10-20(23(19)26)17-7-11-21-18(14-17)8-12-22(24(21)27)31-25(28,29)30/h5-6,8-10,12-13,17H,2-4,7,11,14H2,1H3. The summed E-state index contributed by atoms with van der Waals surface area (Å²) >= 11 is 0. The van der Waals surface area contributed by atoms with E-state index in [-0.39, 0.29) is 23.7 Å². The fourth-order valence-corrected chi connectivity index (χ4v) is 4.47. The lowest BCUT2D eigenvalue weighted by Crippen LogP contribution is -2.20. The van der Waals surface area contributed by atoms with Crippen molar-refractivity contribution in [3.05, 3.63) is 76.4 Å². The molecule has 0 amide bonds. The molecule has 0 bridgehead atoms. The molecule has 1 aliphatic carbocycles. The van der Waals surface area contributed by atoms with E-state index in [4.69, 9.17) is 0 Å². The lowest BCUT2D eigenvalue weighted by atomic mass is 9.79. The van der Waals surface area contributed by atoms with E-state index in [1.165, 1.54) is 11.6 Å². The van der Waals surface area contributed by atoms with Gasteiger partial charge in [0.05, 0.1) is 0 Å². The molecular formula is C25H23F5O. The van der Waals surface area contributed by atoms with Crippen molar-refractivity contribution in [2.75, 3.05) is 0 Å². The first-order valence-electron chi connectivity index (χ1n) is 10.5. The van der Waals surface area contributed by atoms with Gasteiger partial charge in [-0.3, -0.25) is 0 Å². The molecule has 0 aliphatic heterocycles. The Kier molecular flexibility index (Phi) is 5.91. The summed E-state index contributed by atoms with van der Waals surface area (Å²) in [6, 6.07) is 11.9. The van der Waals surface area contributed by atoms with E-state index in [0.717, 1.165) is 30.7 Å². The highest BCUT2D eigenvalue weighted by Gasteiger charge is 2.34. The Bertz CT molecular complexity index is 1100. The van der Waals surface area contributed by atoms with Crippen LogP contribution >= 0.6 is 0 Å². The van der Waals surface area contributed by atoms with Crippen LogP contribution in [0.5, 0.6) is 5.75 Å². The molecule has 0 heterocycles. The average Bonchev–Trinajstić information content (AvgIpc) is 2.73. The number of rotatable bonds is 5. The molecule has 6 heteroatoms. The van der Waals surface area contributed by atoms with Gasteiger partial charge in [-0.1, -0.05) is 49.7 Å². The third-order valence-corrected chi connectivity index (χ3v) is 6.05. The SMILES string of the molecule is CCCCc1ccc2c(F)c(C3CCc4c(ccc(OC(F)(F)F)c4F)C3)ccc2c1. The lowest BCUT2D eigenvalue weighted by Gasteiger charge is -2.27. The molecule has 1 aliphatic rings. The van der Waals surface area contributed by atoms with E-state index in [2.05, 4.69) is 11.7 Å². The van der Waals surface area contributed by atoms with E-state index < -0.39 is 17.9 Å². The Hall–Kier alpha value is -2.63. The Labute approximate surface area is 177 Å². The normalized spacial score (nSPS) is 16.4. The molecule has 0 spiro atoms. The van der Waals surface area contributed by atoms with Crippen molar-refractivity contribution in [1.29, 1.82) is 0 Å². The number of aryl methyl sites for hydroxylation is 1. The molecule has 1 nitrogen and oxygen atoms in total. The number of unbranched alkanes of at least 4 members (excludes halogenated alkanes) is 1. The minimum absolute atomic E-state index is 0.162. The maximum Gasteiger partial charge on any atom is 0.573 e. The topological polar surface area (TPSA) is 9.23 Å². The first kappa shape index (κ1) is 21.6. The van der Waals surface area contributed by atoms with Gasteiger partial charge >= 0.3 is 6.36 Å². The molecule has 1 unspecified atom stereocenters. The van der Waals surface area contributed by atoms with Crippen LogP contribution in [0, 0.1) is 11.6 Å². The molecule has 164 valence electrons. The molecule has 0 saturated carbocycles. The second kappa shape index (κ2) is 8.48. The zero-order chi connectivity index (χ0) is 22.2. The smallest absolute Gasteiger partial charge is 0.403 e. The predicted molar refractivity (Wildman–Crippen MR) is 110 cm³/mol. The second-order valence-corrected chi connectivity index (χ2v) is 8.13. The van der Waals surface area contributed by atoms with Gasteiger partial charge in [0.1, 0.15) is 5.82 Å². The van der Waals surface area contributed by atoms with Gasteiger partial charge in [0.15, 0.2) is 11.6 Å². The monoisotopic (exact) mass is 434 g/mol. The molecule has 31 heavy (non-hydrogen) atoms. The summed E-state index contributed by atoms with van der Waals surface area (Å²) < 4.78 is 71.0. The predicted octanol–water partition coefficient (Wildman–Crippen LogP) is 7.63. The largest absolute Gasteiger partial charge is 0.573 e. The quantitative estimate of drug-likeness (QED) is 0.375. The van der Waals surface area contributed by atoms with Gasteiger partial charge in [0.25, 0.3) is 0 Å². The average molecular weight is 434 g/mol. The summed E-state index contributed by atoms with van der Waals surface area (Å²) in [5, 5.41) is 1.41. The Morgan fingerprint density at radius 1 is 1.00 bits per heavy atom. The first-order valence-corrected chi connectivity index (χ1v) is 10.5. The van der Waals surface area contributed by atoms with Crippen LogP contribution in [0.3, 0.4) is 0 Å². The third kappa shape index (κ3) is 4.53. The number of halogens is 5. The number of hydrogen-bond acceptors (Lipinski definition) is 1. The molecule has 3 aromatic carbocycles. The van der Waals surface area contributed by atoms with Gasteiger partial charge < -0.3 is 4.74 Å². The fourth-order valence-electron chi connectivity index (χ4n) is 4.47. The zero-order valence-corrected chi connectivity index (χ0v) is 17.2. The van der Waals surface area contributed by atoms with Crippen molar-refractivity contribution in [3.63, 3.8) is 0 Å². The molecule has 0 aromatic heterocycles. The summed E-state index contributed by atoms with van der Waals surface area (Å²) in [6.07, 6.45) is -0.753. The highest BCUT2D eigenvalue weighted by Crippen LogP contribution is 2.39. The maximum atomic E-state index is 15.3. The summed E-state index contributed by atoms with van der Waals surface area (Å²) in [5.41, 5.74) is 2.56. The van der Waals surface area contributed by atoms with E-state index in [1.807, 2.05) is 24.3 Å². The van der Waals surface area contributed by atoms with Crippen LogP contribution in [-0.4, -0.2) is 6.36 Å². The van der Waals surface area contributed by atoms with Gasteiger partial charge in [-0.15, -0.1) is 13.2 Å². The Morgan fingerprint density at radius 2 is 1.81 bits per heavy atom. The molecule has 0 N–H and O–H groups in total. The third-order valence-electron chi connectivity index (χ3n) is 6.05. The number of hydrogen-bond donors (Lipinski definition) is 0. The lowest BCUT2D eigenvalue weighted by molar-refractivity contribution is -0.275. The van der Waals surface area contributed by atoms with Crippen LogP contribution in [0.25, 0.3) is 10.8 Å². The summed E-state index contributed by atoms with van der Waals surface area (Å²) in [7, 11) is 0. The summed E-state index contributed by atoms with van der Waals surface area (Å²) in [4.78, 5) is 0. The van der Waals surface area contributed by atoms with E-state index in [9.17, 15) is 17.6 Å². The summed E-state index contributed by atoms with van der Waals surface area (Å²) in [5.74, 6) is -2.23. The highest BCUT2D eigenvalue weighted by atomic mass is 19.4. The van der Waals surface area contributed by atoms with Crippen molar-refractivity contribution in [2.24, 2.45) is 0 Å². The maximum absolute atomic E-state index is 15.3. The first-order chi connectivity index (χ1) is 14.8. The minimum atomic E-state index is -4.95. The molecule has 1 atom stereocenters. The van der Waals surface area contributed by atoms with E-state index >= 15 is 4.39 Å². The molecule has 4 rings (SSSR count).